The van der Waals surface area contributed by atoms with Crippen LogP contribution in [0.4, 0.5) is 20.3 Å². The molecule has 3 heterocycles. The van der Waals surface area contributed by atoms with E-state index in [0.29, 0.717) is 41.4 Å². The summed E-state index contributed by atoms with van der Waals surface area (Å²) in [5, 5.41) is 18.2. The molecule has 0 aliphatic heterocycles. The van der Waals surface area contributed by atoms with E-state index in [9.17, 15) is 18.1 Å². The second-order valence-corrected chi connectivity index (χ2v) is 10.3. The van der Waals surface area contributed by atoms with Crippen LogP contribution >= 0.6 is 0 Å². The summed E-state index contributed by atoms with van der Waals surface area (Å²) in [6, 6.07) is 12.7. The molecule has 1 atom stereocenters. The van der Waals surface area contributed by atoms with Crippen molar-refractivity contribution in [1.29, 1.82) is 0 Å². The van der Waals surface area contributed by atoms with Crippen molar-refractivity contribution in [2.75, 3.05) is 17.3 Å². The summed E-state index contributed by atoms with van der Waals surface area (Å²) in [5.74, 6) is -0.719. The van der Waals surface area contributed by atoms with Crippen LogP contribution in [0.3, 0.4) is 0 Å². The number of hydrogen-bond acceptors (Lipinski definition) is 7. The molecule has 0 bridgehead atoms. The number of anilines is 2. The smallest absolute Gasteiger partial charge is 0.182 e. The highest BCUT2D eigenvalue weighted by Gasteiger charge is 2.19. The minimum atomic E-state index is -0.902. The molecular weight excluding hydrogens is 510 g/mol. The van der Waals surface area contributed by atoms with Crippen LogP contribution in [0.15, 0.2) is 67.1 Å². The zero-order valence-electron chi connectivity index (χ0n) is 20.4. The average Bonchev–Trinajstić information content (AvgIpc) is 3.26. The molecule has 0 aliphatic rings. The normalized spacial score (nSPS) is 12.1. The number of nitrogens with zero attached hydrogens (tertiary/aromatic N) is 5. The average molecular weight is 535 g/mol. The van der Waals surface area contributed by atoms with Crippen LogP contribution in [0.1, 0.15) is 17.5 Å². The fraction of sp³-hybridized carbons (Fsp3) is 0.185. The van der Waals surface area contributed by atoms with Crippen molar-refractivity contribution in [3.8, 4) is 17.3 Å². The van der Waals surface area contributed by atoms with Crippen molar-refractivity contribution in [1.82, 2.24) is 24.7 Å². The maximum Gasteiger partial charge on any atom is 0.182 e. The van der Waals surface area contributed by atoms with Crippen molar-refractivity contribution in [3.05, 3.63) is 89.9 Å². The van der Waals surface area contributed by atoms with Crippen LogP contribution in [0.2, 0.25) is 0 Å². The Kier molecular flexibility index (Phi) is 7.36. The number of hydrogen-bond donors (Lipinski definition) is 2. The van der Waals surface area contributed by atoms with Gasteiger partial charge in [0.05, 0.1) is 12.1 Å². The number of aryl methyl sites for hydroxylation is 1. The number of nitrogens with one attached hydrogen (secondary N) is 1. The van der Waals surface area contributed by atoms with Gasteiger partial charge in [-0.15, -0.1) is 0 Å². The highest BCUT2D eigenvalue weighted by molar-refractivity contribution is 7.84. The number of pyridine rings is 1. The third-order valence-electron chi connectivity index (χ3n) is 5.99. The molecule has 8 nitrogen and oxygen atoms in total. The SMILES string of the molecule is C[S@@](=O)CCCc1cnc(-c2nn(Cc3c(F)cc(O)cc3F)c3ccccc23)nc1Nc1ccncc1. The summed E-state index contributed by atoms with van der Waals surface area (Å²) in [6.07, 6.45) is 8.06. The Hall–Kier alpha value is -4.25. The maximum atomic E-state index is 14.5. The maximum absolute atomic E-state index is 14.5. The molecule has 0 spiro atoms. The van der Waals surface area contributed by atoms with Gasteiger partial charge in [-0.3, -0.25) is 13.9 Å². The topological polar surface area (TPSA) is 106 Å². The van der Waals surface area contributed by atoms with Gasteiger partial charge in [0.25, 0.3) is 0 Å². The van der Waals surface area contributed by atoms with Gasteiger partial charge in [0.1, 0.15) is 28.9 Å². The van der Waals surface area contributed by atoms with Crippen LogP contribution in [-0.4, -0.2) is 46.1 Å². The van der Waals surface area contributed by atoms with Crippen molar-refractivity contribution in [2.45, 2.75) is 19.4 Å². The van der Waals surface area contributed by atoms with Crippen molar-refractivity contribution in [2.24, 2.45) is 0 Å². The van der Waals surface area contributed by atoms with E-state index < -0.39 is 28.2 Å². The van der Waals surface area contributed by atoms with E-state index in [1.54, 1.807) is 30.9 Å². The fourth-order valence-electron chi connectivity index (χ4n) is 4.15. The van der Waals surface area contributed by atoms with Crippen LogP contribution in [0, 0.1) is 11.6 Å². The van der Waals surface area contributed by atoms with E-state index >= 15 is 0 Å². The Bertz CT molecular complexity index is 1600. The second kappa shape index (κ2) is 11.0. The highest BCUT2D eigenvalue weighted by atomic mass is 32.2. The lowest BCUT2D eigenvalue weighted by Gasteiger charge is -2.12. The molecule has 0 aliphatic carbocycles. The molecule has 0 radical (unpaired) electrons. The van der Waals surface area contributed by atoms with Gasteiger partial charge >= 0.3 is 0 Å². The molecule has 5 aromatic rings. The Morgan fingerprint density at radius 1 is 1.08 bits per heavy atom. The Morgan fingerprint density at radius 2 is 1.82 bits per heavy atom. The largest absolute Gasteiger partial charge is 0.508 e. The highest BCUT2D eigenvalue weighted by Crippen LogP contribution is 2.30. The number of phenols is 1. The summed E-state index contributed by atoms with van der Waals surface area (Å²) in [6.45, 7) is -0.188. The van der Waals surface area contributed by atoms with E-state index in [1.807, 2.05) is 30.3 Å². The van der Waals surface area contributed by atoms with Gasteiger partial charge in [0, 0.05) is 75.7 Å². The quantitative estimate of drug-likeness (QED) is 0.275. The van der Waals surface area contributed by atoms with E-state index in [1.165, 1.54) is 4.68 Å². The summed E-state index contributed by atoms with van der Waals surface area (Å²) in [5.41, 5.74) is 2.54. The van der Waals surface area contributed by atoms with Crippen molar-refractivity contribution in [3.63, 3.8) is 0 Å². The number of fused-ring (bicyclic) bond motifs is 1. The molecule has 0 saturated carbocycles. The first kappa shape index (κ1) is 25.4. The standard InChI is InChI=1S/C27H24F2N6O2S/c1-38(37)12-4-5-17-15-31-27(33-26(17)32-18-8-10-30-11-9-18)25-20-6-2-3-7-24(20)35(34-25)16-21-22(28)13-19(36)14-23(21)29/h2-3,6-11,13-15,36H,4-5,12,16H2,1H3,(H,30,31,32,33)/t38-/m1/s1. The van der Waals surface area contributed by atoms with Crippen LogP contribution in [0.25, 0.3) is 22.4 Å². The van der Waals surface area contributed by atoms with E-state index in [4.69, 9.17) is 4.98 Å². The van der Waals surface area contributed by atoms with E-state index in [2.05, 4.69) is 20.4 Å². The summed E-state index contributed by atoms with van der Waals surface area (Å²) < 4.78 is 42.0. The monoisotopic (exact) mass is 534 g/mol. The molecule has 5 rings (SSSR count). The third kappa shape index (κ3) is 5.52. The minimum absolute atomic E-state index is 0.188. The van der Waals surface area contributed by atoms with Crippen LogP contribution in [0.5, 0.6) is 5.75 Å². The molecule has 0 unspecified atom stereocenters. The minimum Gasteiger partial charge on any atom is -0.508 e. The van der Waals surface area contributed by atoms with E-state index in [-0.39, 0.29) is 12.1 Å². The predicted octanol–water partition coefficient (Wildman–Crippen LogP) is 4.98. The molecule has 3 aromatic heterocycles. The van der Waals surface area contributed by atoms with Gasteiger partial charge in [0.15, 0.2) is 5.82 Å². The lowest BCUT2D eigenvalue weighted by atomic mass is 10.1. The van der Waals surface area contributed by atoms with Crippen molar-refractivity contribution < 1.29 is 18.1 Å². The first-order valence-corrected chi connectivity index (χ1v) is 13.6. The Balaban J connectivity index is 1.56. The zero-order chi connectivity index (χ0) is 26.6. The molecule has 2 N–H and O–H groups in total. The number of rotatable bonds is 9. The summed E-state index contributed by atoms with van der Waals surface area (Å²) >= 11 is 0. The van der Waals surface area contributed by atoms with Crippen LogP contribution in [-0.2, 0) is 23.8 Å². The first-order chi connectivity index (χ1) is 18.4. The van der Waals surface area contributed by atoms with Gasteiger partial charge in [0.2, 0.25) is 0 Å². The fourth-order valence-corrected chi connectivity index (χ4v) is 4.70. The van der Waals surface area contributed by atoms with E-state index in [0.717, 1.165) is 28.8 Å². The molecule has 0 fully saturated rings. The van der Waals surface area contributed by atoms with Crippen molar-refractivity contribution >= 4 is 33.2 Å². The molecule has 194 valence electrons. The lowest BCUT2D eigenvalue weighted by Crippen LogP contribution is -2.07. The summed E-state index contributed by atoms with van der Waals surface area (Å²) in [7, 11) is -0.902. The first-order valence-electron chi connectivity index (χ1n) is 11.8. The lowest BCUT2D eigenvalue weighted by molar-refractivity contribution is 0.454. The summed E-state index contributed by atoms with van der Waals surface area (Å²) in [4.78, 5) is 13.4. The number of aromatic nitrogens is 5. The molecule has 2 aromatic carbocycles. The predicted molar refractivity (Wildman–Crippen MR) is 143 cm³/mol. The second-order valence-electron chi connectivity index (χ2n) is 8.72. The Morgan fingerprint density at radius 3 is 2.55 bits per heavy atom. The Labute approximate surface area is 219 Å². The molecule has 38 heavy (non-hydrogen) atoms. The van der Waals surface area contributed by atoms with Gasteiger partial charge < -0.3 is 10.4 Å². The molecule has 0 saturated heterocycles. The van der Waals surface area contributed by atoms with Gasteiger partial charge in [-0.25, -0.2) is 18.7 Å². The van der Waals surface area contributed by atoms with Gasteiger partial charge in [-0.1, -0.05) is 18.2 Å². The number of benzene rings is 2. The molecule has 11 heteroatoms. The zero-order valence-corrected chi connectivity index (χ0v) is 21.3. The third-order valence-corrected chi connectivity index (χ3v) is 6.85. The number of halogens is 2. The molecular formula is C27H24F2N6O2S. The van der Waals surface area contributed by atoms with Gasteiger partial charge in [-0.2, -0.15) is 5.10 Å². The number of para-hydroxylation sites is 1. The van der Waals surface area contributed by atoms with Crippen LogP contribution < -0.4 is 5.32 Å². The number of phenolic OH excluding ortho intramolecular Hbond substituents is 1. The molecule has 0 amide bonds. The number of aromatic hydroxyl groups is 1. The van der Waals surface area contributed by atoms with Gasteiger partial charge in [-0.05, 0) is 31.0 Å².